The van der Waals surface area contributed by atoms with Gasteiger partial charge in [0.1, 0.15) is 0 Å². The molecule has 0 aliphatic heterocycles. The third-order valence-electron chi connectivity index (χ3n) is 1.15. The van der Waals surface area contributed by atoms with E-state index in [0.29, 0.717) is 0 Å². The van der Waals surface area contributed by atoms with Gasteiger partial charge in [0.15, 0.2) is 0 Å². The molecular weight excluding hydrogens is 81.7 g/mol. The Kier molecular flexibility index (Phi) is 1.27. The first kappa shape index (κ1) is 5.02. The lowest BCUT2D eigenvalue weighted by Crippen LogP contribution is -1.84. The summed E-state index contributed by atoms with van der Waals surface area (Å²) in [5, 5.41) is 0. The number of hydrogen-bond acceptors (Lipinski definition) is 0. The van der Waals surface area contributed by atoms with Crippen LogP contribution >= 0.6 is 0 Å². The summed E-state index contributed by atoms with van der Waals surface area (Å²) < 4.78 is 0. The fraction of sp³-hybridized carbons (Fsp3) is 0.600. The zero-order valence-corrected chi connectivity index (χ0v) is 4.17. The van der Waals surface area contributed by atoms with E-state index in [-0.39, 0.29) is 11.6 Å². The molecule has 4 radical (unpaired) electrons. The van der Waals surface area contributed by atoms with Crippen molar-refractivity contribution in [2.24, 2.45) is 0 Å². The molecule has 0 N–H and O–H groups in total. The molecule has 0 saturated carbocycles. The summed E-state index contributed by atoms with van der Waals surface area (Å²) in [5.74, 6) is 0.435. The van der Waals surface area contributed by atoms with Crippen LogP contribution in [0.5, 0.6) is 0 Å². The molecule has 0 unspecified atom stereocenters. The van der Waals surface area contributed by atoms with Crippen molar-refractivity contribution in [1.29, 1.82) is 0 Å². The van der Waals surface area contributed by atoms with Gasteiger partial charge in [-0.3, -0.25) is 0 Å². The molecule has 1 aliphatic rings. The molecule has 1 aliphatic carbocycles. The Morgan fingerprint density at radius 3 is 1.71 bits per heavy atom. The van der Waals surface area contributed by atoms with Crippen LogP contribution < -0.4 is 0 Å². The predicted molar refractivity (Wildman–Crippen MR) is 32.8 cm³/mol. The van der Waals surface area contributed by atoms with E-state index in [1.54, 1.807) is 0 Å². The fourth-order valence-corrected chi connectivity index (χ4v) is 0.757. The number of allylic oxidation sites excluding steroid dienone is 2. The molecule has 0 bridgehead atoms. The predicted octanol–water partition coefficient (Wildman–Crippen LogP) is 0.860. The zero-order valence-electron chi connectivity index (χ0n) is 4.17. The Morgan fingerprint density at radius 1 is 1.14 bits per heavy atom. The van der Waals surface area contributed by atoms with Gasteiger partial charge in [-0.05, 0) is 0 Å². The molecule has 0 nitrogen and oxygen atoms in total. The van der Waals surface area contributed by atoms with Crippen LogP contribution in [0.3, 0.4) is 0 Å². The summed E-state index contributed by atoms with van der Waals surface area (Å²) in [5.41, 5.74) is 0. The van der Waals surface area contributed by atoms with Crippen molar-refractivity contribution in [3.8, 4) is 0 Å². The summed E-state index contributed by atoms with van der Waals surface area (Å²) in [6.45, 7) is 0. The summed E-state index contributed by atoms with van der Waals surface area (Å²) in [4.78, 5) is 0. The van der Waals surface area contributed by atoms with E-state index in [1.165, 1.54) is 0 Å². The van der Waals surface area contributed by atoms with Crippen LogP contribution in [-0.2, 0) is 0 Å². The average Bonchev–Trinajstić information content (AvgIpc) is 1.87. The van der Waals surface area contributed by atoms with Gasteiger partial charge in [0.25, 0.3) is 0 Å². The molecule has 0 aromatic heterocycles. The van der Waals surface area contributed by atoms with Crippen LogP contribution in [0.15, 0.2) is 12.2 Å². The van der Waals surface area contributed by atoms with E-state index in [0.717, 1.165) is 6.42 Å². The highest BCUT2D eigenvalue weighted by molar-refractivity contribution is 6.17. The lowest BCUT2D eigenvalue weighted by molar-refractivity contribution is 0.921. The fourth-order valence-electron chi connectivity index (χ4n) is 0.757. The number of rotatable bonds is 0. The second kappa shape index (κ2) is 1.77. The number of hydrogen-bond donors (Lipinski definition) is 0. The Morgan fingerprint density at radius 2 is 1.57 bits per heavy atom. The minimum absolute atomic E-state index is 0.218. The minimum atomic E-state index is 0.218. The maximum absolute atomic E-state index is 5.46. The van der Waals surface area contributed by atoms with Gasteiger partial charge in [0.05, 0.1) is 15.7 Å². The van der Waals surface area contributed by atoms with E-state index >= 15 is 0 Å². The summed E-state index contributed by atoms with van der Waals surface area (Å²) >= 11 is 0. The minimum Gasteiger partial charge on any atom is -0.0946 e. The first-order chi connectivity index (χ1) is 3.29. The van der Waals surface area contributed by atoms with Crippen LogP contribution in [0.2, 0.25) is 11.6 Å². The molecule has 0 fully saturated rings. The normalized spacial score (nSPS) is 39.4. The maximum atomic E-state index is 5.46. The highest BCUT2D eigenvalue weighted by Gasteiger charge is 2.07. The maximum Gasteiger partial charge on any atom is 0.0755 e. The smallest absolute Gasteiger partial charge is 0.0755 e. The standard InChI is InChI=1S/C5H6B2/c6-4-1-2-5(7)3-4/h1-2,4-5H,3H2/t4-,5+. The first-order valence-electron chi connectivity index (χ1n) is 2.48. The van der Waals surface area contributed by atoms with Crippen LogP contribution in [0.4, 0.5) is 0 Å². The van der Waals surface area contributed by atoms with Gasteiger partial charge in [-0.1, -0.05) is 30.2 Å². The monoisotopic (exact) mass is 88.1 g/mol. The topological polar surface area (TPSA) is 0 Å². The average molecular weight is 87.7 g/mol. The molecule has 0 heterocycles. The molecule has 2 heteroatoms. The van der Waals surface area contributed by atoms with Gasteiger partial charge in [-0.15, -0.1) is 0 Å². The Balaban J connectivity index is 2.42. The largest absolute Gasteiger partial charge is 0.0946 e. The van der Waals surface area contributed by atoms with Crippen molar-refractivity contribution in [1.82, 2.24) is 0 Å². The van der Waals surface area contributed by atoms with E-state index in [1.807, 2.05) is 12.2 Å². The van der Waals surface area contributed by atoms with Crippen molar-refractivity contribution in [3.63, 3.8) is 0 Å². The Hall–Kier alpha value is -0.130. The van der Waals surface area contributed by atoms with Gasteiger partial charge in [-0.25, -0.2) is 0 Å². The SMILES string of the molecule is [B][C@@H]1C=C[C@H]([B])C1. The van der Waals surface area contributed by atoms with Crippen molar-refractivity contribution in [2.75, 3.05) is 0 Å². The highest BCUT2D eigenvalue weighted by Crippen LogP contribution is 2.26. The molecule has 2 atom stereocenters. The van der Waals surface area contributed by atoms with Gasteiger partial charge < -0.3 is 0 Å². The second-order valence-corrected chi connectivity index (χ2v) is 1.95. The first-order valence-corrected chi connectivity index (χ1v) is 2.48. The van der Waals surface area contributed by atoms with E-state index in [2.05, 4.69) is 0 Å². The molecule has 0 aromatic rings. The van der Waals surface area contributed by atoms with Crippen LogP contribution in [-0.4, -0.2) is 15.7 Å². The third kappa shape index (κ3) is 1.12. The van der Waals surface area contributed by atoms with E-state index < -0.39 is 0 Å². The summed E-state index contributed by atoms with van der Waals surface area (Å²) in [6, 6.07) is 0. The van der Waals surface area contributed by atoms with Crippen molar-refractivity contribution in [3.05, 3.63) is 12.2 Å². The van der Waals surface area contributed by atoms with Crippen molar-refractivity contribution in [2.45, 2.75) is 18.1 Å². The van der Waals surface area contributed by atoms with Gasteiger partial charge in [0, 0.05) is 0 Å². The van der Waals surface area contributed by atoms with E-state index in [9.17, 15) is 0 Å². The lowest BCUT2D eigenvalue weighted by atomic mass is 9.79. The molecule has 0 amide bonds. The molecule has 0 spiro atoms. The molecule has 32 valence electrons. The zero-order chi connectivity index (χ0) is 5.28. The molecular formula is C5H6B2. The van der Waals surface area contributed by atoms with Gasteiger partial charge in [-0.2, -0.15) is 0 Å². The van der Waals surface area contributed by atoms with Crippen LogP contribution in [0.1, 0.15) is 6.42 Å². The van der Waals surface area contributed by atoms with Gasteiger partial charge >= 0.3 is 0 Å². The molecule has 0 aromatic carbocycles. The summed E-state index contributed by atoms with van der Waals surface area (Å²) in [6.07, 6.45) is 4.81. The van der Waals surface area contributed by atoms with Crippen LogP contribution in [0.25, 0.3) is 0 Å². The Labute approximate surface area is 46.8 Å². The molecule has 1 rings (SSSR count). The third-order valence-corrected chi connectivity index (χ3v) is 1.15. The highest BCUT2D eigenvalue weighted by atomic mass is 14.1. The Bertz CT molecular complexity index is 78.1. The summed E-state index contributed by atoms with van der Waals surface area (Å²) in [7, 11) is 10.9. The van der Waals surface area contributed by atoms with Crippen LogP contribution in [0, 0.1) is 0 Å². The van der Waals surface area contributed by atoms with Crippen molar-refractivity contribution >= 4 is 15.7 Å². The molecule has 0 saturated heterocycles. The molecule has 7 heavy (non-hydrogen) atoms. The van der Waals surface area contributed by atoms with E-state index in [4.69, 9.17) is 15.7 Å². The second-order valence-electron chi connectivity index (χ2n) is 1.95. The lowest BCUT2D eigenvalue weighted by Gasteiger charge is -1.97. The quantitative estimate of drug-likeness (QED) is 0.304. The van der Waals surface area contributed by atoms with Gasteiger partial charge in [0.2, 0.25) is 0 Å². The van der Waals surface area contributed by atoms with Crippen molar-refractivity contribution < 1.29 is 0 Å².